The molecule has 0 spiro atoms. The first-order valence-corrected chi connectivity index (χ1v) is 7.71. The average Bonchev–Trinajstić information content (AvgIpc) is 2.40. The molecule has 19 heavy (non-hydrogen) atoms. The van der Waals surface area contributed by atoms with E-state index < -0.39 is 15.8 Å². The van der Waals surface area contributed by atoms with E-state index in [0.29, 0.717) is 13.0 Å². The Hall–Kier alpha value is -1.24. The van der Waals surface area contributed by atoms with Gasteiger partial charge in [-0.3, -0.25) is 0 Å². The number of halogens is 1. The lowest BCUT2D eigenvalue weighted by Crippen LogP contribution is -2.27. The maximum absolute atomic E-state index is 13.4. The van der Waals surface area contributed by atoms with Gasteiger partial charge in [0.15, 0.2) is 0 Å². The van der Waals surface area contributed by atoms with Gasteiger partial charge in [0.25, 0.3) is 0 Å². The second-order valence-corrected chi connectivity index (χ2v) is 6.13. The van der Waals surface area contributed by atoms with E-state index in [1.165, 1.54) is 23.8 Å². The zero-order valence-electron chi connectivity index (χ0n) is 10.5. The largest absolute Gasteiger partial charge is 0.313 e. The first-order valence-electron chi connectivity index (χ1n) is 6.22. The summed E-state index contributed by atoms with van der Waals surface area (Å²) >= 11 is 0. The Labute approximate surface area is 112 Å². The van der Waals surface area contributed by atoms with Crippen molar-refractivity contribution in [2.45, 2.75) is 17.7 Å². The van der Waals surface area contributed by atoms with Crippen LogP contribution >= 0.6 is 0 Å². The fourth-order valence-corrected chi connectivity index (χ4v) is 3.09. The minimum atomic E-state index is -3.76. The molecule has 0 saturated heterocycles. The van der Waals surface area contributed by atoms with Gasteiger partial charge in [-0.05, 0) is 31.5 Å². The van der Waals surface area contributed by atoms with Crippen LogP contribution in [0.25, 0.3) is 0 Å². The van der Waals surface area contributed by atoms with Crippen molar-refractivity contribution < 1.29 is 12.8 Å². The monoisotopic (exact) mass is 284 g/mol. The van der Waals surface area contributed by atoms with Gasteiger partial charge < -0.3 is 5.32 Å². The van der Waals surface area contributed by atoms with E-state index in [9.17, 15) is 12.8 Å². The number of hydrogen-bond acceptors (Lipinski definition) is 3. The Kier molecular flexibility index (Phi) is 4.68. The topological polar surface area (TPSA) is 58.2 Å². The third-order valence-electron chi connectivity index (χ3n) is 3.02. The maximum Gasteiger partial charge on any atom is 0.243 e. The summed E-state index contributed by atoms with van der Waals surface area (Å²) in [5.41, 5.74) is 1.23. The van der Waals surface area contributed by atoms with Crippen molar-refractivity contribution in [2.24, 2.45) is 0 Å². The number of sulfonamides is 1. The Balaban J connectivity index is 1.95. The minimum absolute atomic E-state index is 0.294. The standard InChI is InChI=1S/C13H17FN2O2S/c14-12-3-1-2-4-13(12)19(17,18)16-10-7-11-5-8-15-9-6-11/h1-5,15-16H,6-10H2. The van der Waals surface area contributed by atoms with E-state index >= 15 is 0 Å². The normalized spacial score (nSPS) is 16.2. The van der Waals surface area contributed by atoms with Gasteiger partial charge in [-0.1, -0.05) is 23.8 Å². The van der Waals surface area contributed by atoms with Crippen molar-refractivity contribution in [1.29, 1.82) is 0 Å². The summed E-state index contributed by atoms with van der Waals surface area (Å²) in [6.45, 7) is 2.05. The highest BCUT2D eigenvalue weighted by atomic mass is 32.2. The quantitative estimate of drug-likeness (QED) is 0.804. The fourth-order valence-electron chi connectivity index (χ4n) is 1.98. The number of hydrogen-bond donors (Lipinski definition) is 2. The second kappa shape index (κ2) is 6.27. The van der Waals surface area contributed by atoms with Gasteiger partial charge in [0.1, 0.15) is 10.7 Å². The average molecular weight is 284 g/mol. The molecule has 104 valence electrons. The second-order valence-electron chi connectivity index (χ2n) is 4.39. The highest BCUT2D eigenvalue weighted by Crippen LogP contribution is 2.14. The van der Waals surface area contributed by atoms with Gasteiger partial charge in [0.05, 0.1) is 0 Å². The molecule has 6 heteroatoms. The van der Waals surface area contributed by atoms with E-state index in [2.05, 4.69) is 16.1 Å². The van der Waals surface area contributed by atoms with Crippen LogP contribution in [0.15, 0.2) is 40.8 Å². The molecule has 2 N–H and O–H groups in total. The molecule has 4 nitrogen and oxygen atoms in total. The van der Waals surface area contributed by atoms with Crippen LogP contribution in [0.5, 0.6) is 0 Å². The molecule has 1 aliphatic heterocycles. The van der Waals surface area contributed by atoms with E-state index in [0.717, 1.165) is 25.6 Å². The summed E-state index contributed by atoms with van der Waals surface area (Å²) in [5, 5.41) is 3.19. The molecule has 0 aliphatic carbocycles. The smallest absolute Gasteiger partial charge is 0.243 e. The Morgan fingerprint density at radius 2 is 2.11 bits per heavy atom. The van der Waals surface area contributed by atoms with Crippen LogP contribution in [0.2, 0.25) is 0 Å². The molecule has 0 unspecified atom stereocenters. The van der Waals surface area contributed by atoms with Crippen LogP contribution in [-0.4, -0.2) is 28.1 Å². The SMILES string of the molecule is O=S(=O)(NCCC1=CCNCC1)c1ccccc1F. The van der Waals surface area contributed by atoms with E-state index in [4.69, 9.17) is 0 Å². The van der Waals surface area contributed by atoms with E-state index in [-0.39, 0.29) is 4.90 Å². The molecule has 0 saturated carbocycles. The van der Waals surface area contributed by atoms with Crippen molar-refractivity contribution in [3.63, 3.8) is 0 Å². The first kappa shape index (κ1) is 14.2. The van der Waals surface area contributed by atoms with Crippen LogP contribution in [0.3, 0.4) is 0 Å². The maximum atomic E-state index is 13.4. The van der Waals surface area contributed by atoms with Gasteiger partial charge >= 0.3 is 0 Å². The first-order chi connectivity index (χ1) is 9.09. The van der Waals surface area contributed by atoms with Gasteiger partial charge in [-0.25, -0.2) is 17.5 Å². The van der Waals surface area contributed by atoms with Crippen LogP contribution in [0.1, 0.15) is 12.8 Å². The fraction of sp³-hybridized carbons (Fsp3) is 0.385. The lowest BCUT2D eigenvalue weighted by Gasteiger charge is -2.14. The molecule has 1 aliphatic rings. The van der Waals surface area contributed by atoms with Crippen molar-refractivity contribution in [2.75, 3.05) is 19.6 Å². The molecule has 0 aromatic heterocycles. The lowest BCUT2D eigenvalue weighted by molar-refractivity contribution is 0.556. The van der Waals surface area contributed by atoms with Crippen LogP contribution in [0, 0.1) is 5.82 Å². The van der Waals surface area contributed by atoms with Gasteiger partial charge in [-0.15, -0.1) is 0 Å². The van der Waals surface area contributed by atoms with Gasteiger partial charge in [-0.2, -0.15) is 0 Å². The summed E-state index contributed by atoms with van der Waals surface area (Å²) in [4.78, 5) is -0.297. The molecular weight excluding hydrogens is 267 g/mol. The van der Waals surface area contributed by atoms with Crippen LogP contribution in [-0.2, 0) is 10.0 Å². The summed E-state index contributed by atoms with van der Waals surface area (Å²) in [6, 6.07) is 5.38. The zero-order valence-corrected chi connectivity index (χ0v) is 11.3. The summed E-state index contributed by atoms with van der Waals surface area (Å²) in [5.74, 6) is -0.726. The highest BCUT2D eigenvalue weighted by molar-refractivity contribution is 7.89. The number of nitrogens with one attached hydrogen (secondary N) is 2. The molecule has 2 rings (SSSR count). The molecule has 0 amide bonds. The van der Waals surface area contributed by atoms with E-state index in [1.807, 2.05) is 0 Å². The molecule has 1 aromatic rings. The van der Waals surface area contributed by atoms with Crippen molar-refractivity contribution in [1.82, 2.24) is 10.0 Å². The Bertz CT molecular complexity index is 570. The zero-order chi connectivity index (χ0) is 13.7. The van der Waals surface area contributed by atoms with Crippen LogP contribution < -0.4 is 10.0 Å². The molecule has 0 fully saturated rings. The summed E-state index contributed by atoms with van der Waals surface area (Å²) in [7, 11) is -3.76. The van der Waals surface area contributed by atoms with Gasteiger partial charge in [0, 0.05) is 13.1 Å². The van der Waals surface area contributed by atoms with E-state index in [1.54, 1.807) is 0 Å². The molecule has 1 aromatic carbocycles. The third-order valence-corrected chi connectivity index (χ3v) is 4.52. The summed E-state index contributed by atoms with van der Waals surface area (Å²) in [6.07, 6.45) is 3.66. The number of rotatable bonds is 5. The highest BCUT2D eigenvalue weighted by Gasteiger charge is 2.17. The van der Waals surface area contributed by atoms with Crippen molar-refractivity contribution in [3.05, 3.63) is 41.7 Å². The predicted octanol–water partition coefficient (Wildman–Crippen LogP) is 1.41. The summed E-state index contributed by atoms with van der Waals surface area (Å²) < 4.78 is 39.7. The lowest BCUT2D eigenvalue weighted by atomic mass is 10.1. The third kappa shape index (κ3) is 3.86. The predicted molar refractivity (Wildman–Crippen MR) is 71.8 cm³/mol. The molecule has 0 bridgehead atoms. The molecular formula is C13H17FN2O2S. The number of benzene rings is 1. The molecule has 1 heterocycles. The Morgan fingerprint density at radius 3 is 2.79 bits per heavy atom. The van der Waals surface area contributed by atoms with Crippen LogP contribution in [0.4, 0.5) is 4.39 Å². The molecule has 0 atom stereocenters. The Morgan fingerprint density at radius 1 is 1.32 bits per heavy atom. The van der Waals surface area contributed by atoms with Crippen molar-refractivity contribution >= 4 is 10.0 Å². The van der Waals surface area contributed by atoms with Gasteiger partial charge in [0.2, 0.25) is 10.0 Å². The van der Waals surface area contributed by atoms with Crippen molar-refractivity contribution in [3.8, 4) is 0 Å². The molecule has 0 radical (unpaired) electrons. The minimum Gasteiger partial charge on any atom is -0.313 e.